The molecule has 0 saturated carbocycles. The summed E-state index contributed by atoms with van der Waals surface area (Å²) in [4.78, 5) is 7.22. The first-order valence-electron chi connectivity index (χ1n) is 8.88. The number of aliphatic imine (C=N–C) groups is 1. The van der Waals surface area contributed by atoms with Crippen molar-refractivity contribution in [1.82, 2.24) is 20.0 Å². The van der Waals surface area contributed by atoms with Crippen LogP contribution in [-0.4, -0.2) is 40.3 Å². The molecule has 0 aliphatic carbocycles. The monoisotopic (exact) mass is 453 g/mol. The number of benzene rings is 1. The predicted octanol–water partition coefficient (Wildman–Crippen LogP) is 3.69. The molecular formula is C19H28IN5. The van der Waals surface area contributed by atoms with Crippen molar-refractivity contribution in [2.24, 2.45) is 10.9 Å². The Labute approximate surface area is 167 Å². The molecule has 1 aliphatic rings. The van der Waals surface area contributed by atoms with Gasteiger partial charge in [0.05, 0.1) is 18.4 Å². The molecular weight excluding hydrogens is 425 g/mol. The van der Waals surface area contributed by atoms with Gasteiger partial charge in [0, 0.05) is 31.4 Å². The Balaban J connectivity index is 0.00000225. The van der Waals surface area contributed by atoms with E-state index in [1.807, 2.05) is 29.1 Å². The fraction of sp³-hybridized carbons (Fsp3) is 0.474. The number of aromatic nitrogens is 2. The van der Waals surface area contributed by atoms with Gasteiger partial charge in [-0.2, -0.15) is 5.10 Å². The van der Waals surface area contributed by atoms with Crippen molar-refractivity contribution in [3.05, 3.63) is 48.3 Å². The van der Waals surface area contributed by atoms with Crippen LogP contribution >= 0.6 is 24.0 Å². The molecule has 1 saturated heterocycles. The minimum atomic E-state index is 0. The number of nitrogens with zero attached hydrogens (tertiary/aromatic N) is 4. The lowest BCUT2D eigenvalue weighted by molar-refractivity contribution is 0.266. The van der Waals surface area contributed by atoms with Gasteiger partial charge in [0.1, 0.15) is 0 Å². The van der Waals surface area contributed by atoms with E-state index in [9.17, 15) is 0 Å². The summed E-state index contributed by atoms with van der Waals surface area (Å²) in [7, 11) is 0. The number of rotatable bonds is 4. The van der Waals surface area contributed by atoms with Crippen LogP contribution in [0.1, 0.15) is 32.3 Å². The minimum Gasteiger partial charge on any atom is -0.357 e. The SMILES string of the molecule is CCNC(=NCc1cnn(-c2ccccc2)c1)N1CCCC(C)C1.I. The summed E-state index contributed by atoms with van der Waals surface area (Å²) in [6, 6.07) is 10.2. The van der Waals surface area contributed by atoms with Crippen LogP contribution < -0.4 is 5.32 Å². The third-order valence-electron chi connectivity index (χ3n) is 4.36. The summed E-state index contributed by atoms with van der Waals surface area (Å²) in [5.41, 5.74) is 2.20. The molecule has 5 nitrogen and oxygen atoms in total. The standard InChI is InChI=1S/C19H27N5.HI/c1-3-20-19(23-11-7-8-16(2)14-23)21-12-17-13-22-24(15-17)18-9-5-4-6-10-18;/h4-6,9-10,13,15-16H,3,7-8,11-12,14H2,1-2H3,(H,20,21);1H. The third-order valence-corrected chi connectivity index (χ3v) is 4.36. The van der Waals surface area contributed by atoms with Crippen molar-refractivity contribution in [3.63, 3.8) is 0 Å². The van der Waals surface area contributed by atoms with E-state index in [4.69, 9.17) is 4.99 Å². The van der Waals surface area contributed by atoms with Gasteiger partial charge in [-0.15, -0.1) is 24.0 Å². The van der Waals surface area contributed by atoms with E-state index in [1.165, 1.54) is 12.8 Å². The average molecular weight is 453 g/mol. The van der Waals surface area contributed by atoms with Crippen molar-refractivity contribution in [1.29, 1.82) is 0 Å². The number of halogens is 1. The lowest BCUT2D eigenvalue weighted by Gasteiger charge is -2.33. The van der Waals surface area contributed by atoms with Gasteiger partial charge in [0.25, 0.3) is 0 Å². The molecule has 0 bridgehead atoms. The summed E-state index contributed by atoms with van der Waals surface area (Å²) < 4.78 is 1.90. The molecule has 6 heteroatoms. The van der Waals surface area contributed by atoms with Gasteiger partial charge in [0.2, 0.25) is 0 Å². The Morgan fingerprint density at radius 1 is 1.32 bits per heavy atom. The Bertz CT molecular complexity index is 667. The van der Waals surface area contributed by atoms with Crippen LogP contribution in [0.15, 0.2) is 47.7 Å². The fourth-order valence-corrected chi connectivity index (χ4v) is 3.14. The van der Waals surface area contributed by atoms with Crippen molar-refractivity contribution >= 4 is 29.9 Å². The summed E-state index contributed by atoms with van der Waals surface area (Å²) in [5.74, 6) is 1.76. The molecule has 1 aromatic carbocycles. The second kappa shape index (κ2) is 9.79. The fourth-order valence-electron chi connectivity index (χ4n) is 3.14. The van der Waals surface area contributed by atoms with E-state index in [-0.39, 0.29) is 24.0 Å². The number of guanidine groups is 1. The van der Waals surface area contributed by atoms with Gasteiger partial charge in [-0.05, 0) is 37.8 Å². The third kappa shape index (κ3) is 5.45. The average Bonchev–Trinajstić information content (AvgIpc) is 3.08. The molecule has 1 N–H and O–H groups in total. The van der Waals surface area contributed by atoms with Gasteiger partial charge in [-0.25, -0.2) is 9.67 Å². The van der Waals surface area contributed by atoms with Crippen molar-refractivity contribution in [3.8, 4) is 5.69 Å². The number of hydrogen-bond donors (Lipinski definition) is 1. The Kier molecular flexibility index (Phi) is 7.74. The van der Waals surface area contributed by atoms with Crippen LogP contribution in [-0.2, 0) is 6.54 Å². The topological polar surface area (TPSA) is 45.5 Å². The normalized spacial score (nSPS) is 17.9. The highest BCUT2D eigenvalue weighted by Crippen LogP contribution is 2.16. The van der Waals surface area contributed by atoms with Crippen LogP contribution in [0.3, 0.4) is 0 Å². The number of hydrogen-bond acceptors (Lipinski definition) is 2. The van der Waals surface area contributed by atoms with E-state index in [1.54, 1.807) is 0 Å². The molecule has 2 heterocycles. The molecule has 0 spiro atoms. The number of para-hydroxylation sites is 1. The Morgan fingerprint density at radius 3 is 2.84 bits per heavy atom. The zero-order valence-electron chi connectivity index (χ0n) is 15.1. The maximum atomic E-state index is 4.83. The first-order chi connectivity index (χ1) is 11.8. The molecule has 1 aliphatic heterocycles. The van der Waals surface area contributed by atoms with Crippen LogP contribution in [0, 0.1) is 5.92 Å². The van der Waals surface area contributed by atoms with Crippen molar-refractivity contribution < 1.29 is 0 Å². The molecule has 1 unspecified atom stereocenters. The van der Waals surface area contributed by atoms with E-state index in [2.05, 4.69) is 47.5 Å². The Hall–Kier alpha value is -1.57. The molecule has 0 radical (unpaired) electrons. The van der Waals surface area contributed by atoms with E-state index >= 15 is 0 Å². The van der Waals surface area contributed by atoms with E-state index in [0.29, 0.717) is 6.54 Å². The molecule has 0 amide bonds. The maximum Gasteiger partial charge on any atom is 0.194 e. The van der Waals surface area contributed by atoms with Gasteiger partial charge in [-0.1, -0.05) is 25.1 Å². The molecule has 2 aromatic rings. The largest absolute Gasteiger partial charge is 0.357 e. The summed E-state index contributed by atoms with van der Waals surface area (Å²) in [5, 5.41) is 7.88. The number of piperidine rings is 1. The lowest BCUT2D eigenvalue weighted by atomic mass is 10.0. The molecule has 25 heavy (non-hydrogen) atoms. The number of likely N-dealkylation sites (tertiary alicyclic amines) is 1. The zero-order chi connectivity index (χ0) is 16.8. The molecule has 136 valence electrons. The van der Waals surface area contributed by atoms with Crippen molar-refractivity contribution in [2.45, 2.75) is 33.2 Å². The first kappa shape index (κ1) is 19.8. The second-order valence-electron chi connectivity index (χ2n) is 6.49. The predicted molar refractivity (Wildman–Crippen MR) is 114 cm³/mol. The molecule has 1 atom stereocenters. The summed E-state index contributed by atoms with van der Waals surface area (Å²) in [6.07, 6.45) is 6.53. The van der Waals surface area contributed by atoms with Crippen LogP contribution in [0.2, 0.25) is 0 Å². The summed E-state index contributed by atoms with van der Waals surface area (Å²) >= 11 is 0. The quantitative estimate of drug-likeness (QED) is 0.437. The van der Waals surface area contributed by atoms with Crippen LogP contribution in [0.25, 0.3) is 5.69 Å². The minimum absolute atomic E-state index is 0. The summed E-state index contributed by atoms with van der Waals surface area (Å²) in [6.45, 7) is 8.18. The molecule has 1 aromatic heterocycles. The number of nitrogens with one attached hydrogen (secondary N) is 1. The van der Waals surface area contributed by atoms with Gasteiger partial charge >= 0.3 is 0 Å². The second-order valence-corrected chi connectivity index (χ2v) is 6.49. The van der Waals surface area contributed by atoms with Gasteiger partial charge in [-0.3, -0.25) is 0 Å². The van der Waals surface area contributed by atoms with E-state index < -0.39 is 0 Å². The Morgan fingerprint density at radius 2 is 2.12 bits per heavy atom. The van der Waals surface area contributed by atoms with E-state index in [0.717, 1.165) is 42.8 Å². The van der Waals surface area contributed by atoms with Crippen LogP contribution in [0.4, 0.5) is 0 Å². The maximum absolute atomic E-state index is 4.83. The highest BCUT2D eigenvalue weighted by molar-refractivity contribution is 14.0. The lowest BCUT2D eigenvalue weighted by Crippen LogP contribution is -2.46. The van der Waals surface area contributed by atoms with Crippen molar-refractivity contribution in [2.75, 3.05) is 19.6 Å². The smallest absolute Gasteiger partial charge is 0.194 e. The molecule has 3 rings (SSSR count). The molecule has 1 fully saturated rings. The highest BCUT2D eigenvalue weighted by Gasteiger charge is 2.19. The van der Waals surface area contributed by atoms with Crippen LogP contribution in [0.5, 0.6) is 0 Å². The highest BCUT2D eigenvalue weighted by atomic mass is 127. The van der Waals surface area contributed by atoms with Gasteiger partial charge in [0.15, 0.2) is 5.96 Å². The van der Waals surface area contributed by atoms with Gasteiger partial charge < -0.3 is 10.2 Å². The zero-order valence-corrected chi connectivity index (χ0v) is 17.4. The first-order valence-corrected chi connectivity index (χ1v) is 8.88.